The Morgan fingerprint density at radius 2 is 1.71 bits per heavy atom. The Kier molecular flexibility index (Phi) is 7.43. The van der Waals surface area contributed by atoms with Crippen molar-refractivity contribution in [2.45, 2.75) is 50.7 Å². The third kappa shape index (κ3) is 5.48. The lowest BCUT2D eigenvalue weighted by Crippen LogP contribution is -2.48. The lowest BCUT2D eigenvalue weighted by molar-refractivity contribution is -0.184. The van der Waals surface area contributed by atoms with Gasteiger partial charge in [0.05, 0.1) is 17.3 Å². The average Bonchev–Trinajstić information content (AvgIpc) is 3.63. The van der Waals surface area contributed by atoms with E-state index >= 15 is 0 Å². The van der Waals surface area contributed by atoms with Crippen molar-refractivity contribution < 1.29 is 32.6 Å². The number of fused-ring (bicyclic) bond motifs is 1. The van der Waals surface area contributed by atoms with Crippen LogP contribution in [0, 0.1) is 11.8 Å². The number of amides is 1. The molecule has 2 fully saturated rings. The van der Waals surface area contributed by atoms with Gasteiger partial charge in [0, 0.05) is 55.4 Å². The molecule has 1 amide bonds. The van der Waals surface area contributed by atoms with Gasteiger partial charge in [0.1, 0.15) is 5.56 Å². The Bertz CT molecular complexity index is 1550. The Labute approximate surface area is 238 Å². The predicted molar refractivity (Wildman–Crippen MR) is 145 cm³/mol. The van der Waals surface area contributed by atoms with Crippen molar-refractivity contribution in [3.05, 3.63) is 60.6 Å². The minimum atomic E-state index is -4.29. The number of rotatable bonds is 6. The molecule has 1 saturated heterocycles. The van der Waals surface area contributed by atoms with E-state index in [1.54, 1.807) is 35.1 Å². The number of carbonyl (C=O) groups is 2. The summed E-state index contributed by atoms with van der Waals surface area (Å²) in [5.74, 6) is -3.71. The van der Waals surface area contributed by atoms with E-state index in [0.29, 0.717) is 43.1 Å². The lowest BCUT2D eigenvalue weighted by Gasteiger charge is -2.37. The zero-order valence-electron chi connectivity index (χ0n) is 22.6. The van der Waals surface area contributed by atoms with E-state index in [9.17, 15) is 27.9 Å². The topological polar surface area (TPSA) is 115 Å². The molecule has 0 atom stereocenters. The number of carboxylic acid groups (broad SMARTS) is 1. The fourth-order valence-electron chi connectivity index (χ4n) is 5.85. The first-order valence-corrected chi connectivity index (χ1v) is 13.9. The van der Waals surface area contributed by atoms with Gasteiger partial charge in [-0.15, -0.1) is 5.10 Å². The van der Waals surface area contributed by atoms with Crippen LogP contribution < -0.4 is 4.90 Å². The molecule has 1 saturated carbocycles. The molecule has 0 bridgehead atoms. The fourth-order valence-corrected chi connectivity index (χ4v) is 5.85. The van der Waals surface area contributed by atoms with Crippen LogP contribution in [0.3, 0.4) is 0 Å². The molecule has 220 valence electrons. The number of benzene rings is 1. The van der Waals surface area contributed by atoms with E-state index in [2.05, 4.69) is 15.2 Å². The quantitative estimate of drug-likeness (QED) is 0.334. The molecule has 1 N–H and O–H groups in total. The molecular formula is C29H29F3N6O4. The van der Waals surface area contributed by atoms with Crippen molar-refractivity contribution in [2.24, 2.45) is 11.8 Å². The smallest absolute Gasteiger partial charge is 0.391 e. The normalized spacial score (nSPS) is 20.1. The van der Waals surface area contributed by atoms with E-state index < -0.39 is 24.0 Å². The third-order valence-electron chi connectivity index (χ3n) is 8.15. The summed E-state index contributed by atoms with van der Waals surface area (Å²) in [6, 6.07) is 10.5. The number of carbonyl (C=O) groups excluding carboxylic acids is 1. The molecule has 2 aliphatic rings. The first kappa shape index (κ1) is 27.9. The Morgan fingerprint density at radius 1 is 1.00 bits per heavy atom. The number of nitrogens with zero attached hydrogens (tertiary/aromatic N) is 6. The van der Waals surface area contributed by atoms with E-state index in [0.717, 1.165) is 5.56 Å². The molecule has 1 aliphatic carbocycles. The fraction of sp³-hybridized carbons (Fsp3) is 0.414. The summed E-state index contributed by atoms with van der Waals surface area (Å²) in [7, 11) is 0. The van der Waals surface area contributed by atoms with Crippen molar-refractivity contribution in [1.29, 1.82) is 0 Å². The highest BCUT2D eigenvalue weighted by Crippen LogP contribution is 2.41. The molecule has 13 heteroatoms. The second-order valence-electron chi connectivity index (χ2n) is 10.8. The van der Waals surface area contributed by atoms with E-state index in [4.69, 9.17) is 4.74 Å². The van der Waals surface area contributed by atoms with Crippen LogP contribution in [0.5, 0.6) is 0 Å². The maximum absolute atomic E-state index is 13.9. The number of aromatic carboxylic acids is 1. The number of halogens is 3. The largest absolute Gasteiger partial charge is 0.477 e. The van der Waals surface area contributed by atoms with Gasteiger partial charge >= 0.3 is 12.1 Å². The summed E-state index contributed by atoms with van der Waals surface area (Å²) in [6.07, 6.45) is 1.41. The maximum atomic E-state index is 13.9. The molecule has 0 radical (unpaired) electrons. The van der Waals surface area contributed by atoms with Gasteiger partial charge in [-0.05, 0) is 56.7 Å². The Hall–Kier alpha value is -4.26. The van der Waals surface area contributed by atoms with Gasteiger partial charge in [0.15, 0.2) is 11.5 Å². The van der Waals surface area contributed by atoms with Crippen LogP contribution in [0.25, 0.3) is 22.6 Å². The summed E-state index contributed by atoms with van der Waals surface area (Å²) in [5.41, 5.74) is 2.64. The van der Waals surface area contributed by atoms with Gasteiger partial charge in [-0.25, -0.2) is 19.0 Å². The Morgan fingerprint density at radius 3 is 2.36 bits per heavy atom. The standard InChI is InChI=1S/C29H29F3N6O4/c30-29(31,32)20-6-2-19(3-7-20)27(39)38(22-10-14-42-15-11-22)26-23(28(40)41)17-37(35-26)21-8-4-18(5-9-21)24-16-25-33-12-1-13-36(25)34-24/h1,4-5,8-9,12-13,16-17,19-20,22H,2-3,6-7,10-11,14-15H2,(H,40,41). The lowest BCUT2D eigenvalue weighted by atomic mass is 9.80. The number of ether oxygens (including phenoxy) is 1. The van der Waals surface area contributed by atoms with Crippen molar-refractivity contribution in [3.63, 3.8) is 0 Å². The summed E-state index contributed by atoms with van der Waals surface area (Å²) in [4.78, 5) is 32.0. The monoisotopic (exact) mass is 582 g/mol. The highest BCUT2D eigenvalue weighted by molar-refractivity contribution is 6.02. The van der Waals surface area contributed by atoms with Crippen LogP contribution >= 0.6 is 0 Å². The molecule has 6 rings (SSSR count). The van der Waals surface area contributed by atoms with Crippen LogP contribution in [-0.2, 0) is 9.53 Å². The average molecular weight is 583 g/mol. The van der Waals surface area contributed by atoms with Gasteiger partial charge in [-0.1, -0.05) is 12.1 Å². The molecule has 4 aromatic rings. The predicted octanol–water partition coefficient (Wildman–Crippen LogP) is 5.16. The summed E-state index contributed by atoms with van der Waals surface area (Å²) in [6.45, 7) is 0.775. The van der Waals surface area contributed by atoms with E-state index in [1.165, 1.54) is 15.8 Å². The van der Waals surface area contributed by atoms with Crippen LogP contribution in [0.2, 0.25) is 0 Å². The molecule has 42 heavy (non-hydrogen) atoms. The third-order valence-corrected chi connectivity index (χ3v) is 8.15. The first-order valence-electron chi connectivity index (χ1n) is 13.9. The summed E-state index contributed by atoms with van der Waals surface area (Å²) in [5, 5.41) is 19.2. The molecule has 0 unspecified atom stereocenters. The number of carboxylic acids is 1. The van der Waals surface area contributed by atoms with Gasteiger partial charge in [0.25, 0.3) is 0 Å². The van der Waals surface area contributed by atoms with Crippen molar-refractivity contribution >= 4 is 23.3 Å². The van der Waals surface area contributed by atoms with Gasteiger partial charge in [-0.2, -0.15) is 18.3 Å². The number of alkyl halides is 3. The van der Waals surface area contributed by atoms with Gasteiger partial charge in [-0.3, -0.25) is 9.69 Å². The van der Waals surface area contributed by atoms with Crippen molar-refractivity contribution in [1.82, 2.24) is 24.4 Å². The van der Waals surface area contributed by atoms with Crippen LogP contribution in [0.1, 0.15) is 48.9 Å². The highest BCUT2D eigenvalue weighted by atomic mass is 19.4. The molecule has 0 spiro atoms. The van der Waals surface area contributed by atoms with E-state index in [-0.39, 0.29) is 49.0 Å². The minimum absolute atomic E-state index is 0.00662. The second kappa shape index (κ2) is 11.2. The zero-order valence-corrected chi connectivity index (χ0v) is 22.6. The summed E-state index contributed by atoms with van der Waals surface area (Å²) >= 11 is 0. The van der Waals surface area contributed by atoms with Crippen molar-refractivity contribution in [2.75, 3.05) is 18.1 Å². The molecule has 1 aliphatic heterocycles. The van der Waals surface area contributed by atoms with Crippen molar-refractivity contribution in [3.8, 4) is 16.9 Å². The highest BCUT2D eigenvalue weighted by Gasteiger charge is 2.44. The number of hydrogen-bond donors (Lipinski definition) is 1. The minimum Gasteiger partial charge on any atom is -0.477 e. The molecule has 4 heterocycles. The number of hydrogen-bond acceptors (Lipinski definition) is 6. The Balaban J connectivity index is 1.31. The molecule has 3 aromatic heterocycles. The molecule has 10 nitrogen and oxygen atoms in total. The number of aromatic nitrogens is 5. The van der Waals surface area contributed by atoms with Crippen LogP contribution in [0.15, 0.2) is 55.0 Å². The summed E-state index contributed by atoms with van der Waals surface area (Å²) < 4.78 is 48.3. The van der Waals surface area contributed by atoms with Crippen LogP contribution in [-0.4, -0.2) is 66.8 Å². The maximum Gasteiger partial charge on any atom is 0.391 e. The van der Waals surface area contributed by atoms with E-state index in [1.807, 2.05) is 18.2 Å². The molecular weight excluding hydrogens is 553 g/mol. The van der Waals surface area contributed by atoms with Gasteiger partial charge in [0.2, 0.25) is 5.91 Å². The van der Waals surface area contributed by atoms with Crippen LogP contribution in [0.4, 0.5) is 19.0 Å². The zero-order chi connectivity index (χ0) is 29.4. The first-order chi connectivity index (χ1) is 20.2. The number of anilines is 1. The van der Waals surface area contributed by atoms with Gasteiger partial charge < -0.3 is 9.84 Å². The molecule has 1 aromatic carbocycles. The second-order valence-corrected chi connectivity index (χ2v) is 10.8. The SMILES string of the molecule is O=C(O)c1cn(-c2ccc(-c3cc4ncccn4n3)cc2)nc1N(C(=O)C1CCC(C(F)(F)F)CC1)C1CCOCC1.